The van der Waals surface area contributed by atoms with Gasteiger partial charge in [0.2, 0.25) is 0 Å². The molecular weight excluding hydrogens is 408 g/mol. The van der Waals surface area contributed by atoms with E-state index in [0.717, 1.165) is 30.1 Å². The lowest BCUT2D eigenvalue weighted by Gasteiger charge is -2.43. The zero-order chi connectivity index (χ0) is 23.0. The van der Waals surface area contributed by atoms with Gasteiger partial charge in [-0.05, 0) is 45.2 Å². The van der Waals surface area contributed by atoms with Gasteiger partial charge in [-0.15, -0.1) is 0 Å². The Morgan fingerprint density at radius 2 is 1.74 bits per heavy atom. The zero-order valence-electron chi connectivity index (χ0n) is 18.1. The highest BCUT2D eigenvalue weighted by Gasteiger charge is 2.52. The third kappa shape index (κ3) is 7.54. The maximum Gasteiger partial charge on any atom is 0.420 e. The minimum absolute atomic E-state index is 0.285. The molecule has 3 aliphatic rings. The summed E-state index contributed by atoms with van der Waals surface area (Å²) in [7, 11) is 3.82. The molecule has 0 aromatic carbocycles. The molecular formula is C21H32N2O8. The topological polar surface area (TPSA) is 134 Å². The molecule has 0 aromatic heterocycles. The van der Waals surface area contributed by atoms with Crippen LogP contribution in [0.3, 0.4) is 0 Å². The number of likely N-dealkylation sites (N-methyl/N-ethyl adjacent to an activating group) is 1. The molecule has 31 heavy (non-hydrogen) atoms. The van der Waals surface area contributed by atoms with Crippen molar-refractivity contribution < 1.29 is 38.9 Å². The second-order valence-corrected chi connectivity index (χ2v) is 8.61. The number of imide groups is 1. The predicted molar refractivity (Wildman–Crippen MR) is 110 cm³/mol. The summed E-state index contributed by atoms with van der Waals surface area (Å²) in [4.78, 5) is 46.5. The third-order valence-corrected chi connectivity index (χ3v) is 5.99. The van der Waals surface area contributed by atoms with Gasteiger partial charge in [0.05, 0.1) is 6.54 Å². The van der Waals surface area contributed by atoms with Crippen molar-refractivity contribution in [2.45, 2.75) is 50.5 Å². The fraction of sp³-hybridized carbons (Fsp3) is 0.714. The molecule has 3 atom stereocenters. The normalized spacial score (nSPS) is 27.5. The predicted octanol–water partition coefficient (Wildman–Crippen LogP) is 2.58. The lowest BCUT2D eigenvalue weighted by atomic mass is 9.66. The van der Waals surface area contributed by atoms with Gasteiger partial charge in [-0.1, -0.05) is 25.7 Å². The van der Waals surface area contributed by atoms with Crippen LogP contribution in [0, 0.1) is 11.8 Å². The van der Waals surface area contributed by atoms with Gasteiger partial charge < -0.3 is 24.6 Å². The first-order valence-electron chi connectivity index (χ1n) is 10.6. The molecule has 1 aliphatic heterocycles. The summed E-state index contributed by atoms with van der Waals surface area (Å²) in [5, 5.41) is 15.6. The minimum Gasteiger partial charge on any atom is -0.478 e. The van der Waals surface area contributed by atoms with Crippen molar-refractivity contribution >= 4 is 24.1 Å². The second kappa shape index (κ2) is 11.1. The van der Waals surface area contributed by atoms with Crippen molar-refractivity contribution in [3.05, 3.63) is 12.2 Å². The van der Waals surface area contributed by atoms with Gasteiger partial charge in [0, 0.05) is 18.7 Å². The van der Waals surface area contributed by atoms with Crippen LogP contribution in [-0.2, 0) is 19.1 Å². The van der Waals surface area contributed by atoms with Crippen molar-refractivity contribution in [3.63, 3.8) is 0 Å². The maximum absolute atomic E-state index is 12.1. The summed E-state index contributed by atoms with van der Waals surface area (Å²) >= 11 is 0. The number of carbonyl (C=O) groups excluding carboxylic acids is 2. The number of aliphatic carboxylic acids is 2. The molecule has 10 nitrogen and oxygen atoms in total. The van der Waals surface area contributed by atoms with Crippen LogP contribution in [0.1, 0.15) is 44.9 Å². The molecule has 2 N–H and O–H groups in total. The van der Waals surface area contributed by atoms with E-state index in [0.29, 0.717) is 31.2 Å². The number of carboxylic acid groups (broad SMARTS) is 2. The highest BCUT2D eigenvalue weighted by atomic mass is 16.6. The Kier molecular flexibility index (Phi) is 8.85. The first kappa shape index (κ1) is 24.6. The fourth-order valence-corrected chi connectivity index (χ4v) is 4.50. The standard InChI is InChI=1S/C17H28N2O4.C4H4O4/c1-18(2)9-10-22-15(20)19-12-17(23-16(19)21)8-7-13-5-3-4-6-14(13)11-17;5-3(6)1-2-4(7)8/h13-14H,3-12H2,1-2H3;1-2H,(H,5,6)(H,7,8)/b;2-1+/t13-,14+,17?;/m0./s1. The van der Waals surface area contributed by atoms with Gasteiger partial charge in [0.15, 0.2) is 0 Å². The summed E-state index contributed by atoms with van der Waals surface area (Å²) in [6.45, 7) is 1.28. The molecule has 3 rings (SSSR count). The molecule has 1 spiro atoms. The van der Waals surface area contributed by atoms with Crippen LogP contribution >= 0.6 is 0 Å². The highest BCUT2D eigenvalue weighted by molar-refractivity contribution is 5.90. The average molecular weight is 440 g/mol. The van der Waals surface area contributed by atoms with E-state index in [-0.39, 0.29) is 6.61 Å². The van der Waals surface area contributed by atoms with Crippen LogP contribution < -0.4 is 0 Å². The molecule has 0 aromatic rings. The van der Waals surface area contributed by atoms with Crippen LogP contribution in [0.2, 0.25) is 0 Å². The van der Waals surface area contributed by atoms with Crippen LogP contribution in [0.25, 0.3) is 0 Å². The molecule has 1 heterocycles. The Hall–Kier alpha value is -2.62. The van der Waals surface area contributed by atoms with E-state index in [2.05, 4.69) is 0 Å². The van der Waals surface area contributed by atoms with E-state index in [1.165, 1.54) is 25.7 Å². The molecule has 0 radical (unpaired) electrons. The Morgan fingerprint density at radius 3 is 2.32 bits per heavy atom. The highest BCUT2D eigenvalue weighted by Crippen LogP contribution is 2.47. The van der Waals surface area contributed by atoms with E-state index >= 15 is 0 Å². The summed E-state index contributed by atoms with van der Waals surface area (Å²) in [6, 6.07) is 0. The molecule has 3 fully saturated rings. The van der Waals surface area contributed by atoms with Gasteiger partial charge in [-0.2, -0.15) is 0 Å². The smallest absolute Gasteiger partial charge is 0.420 e. The van der Waals surface area contributed by atoms with Crippen molar-refractivity contribution in [1.29, 1.82) is 0 Å². The van der Waals surface area contributed by atoms with Crippen molar-refractivity contribution in [1.82, 2.24) is 9.80 Å². The SMILES string of the molecule is CN(C)CCOC(=O)N1CC2(CC[C@@H]3CCCC[C@@H]3C2)OC1=O.O=C(O)/C=C/C(=O)O. The van der Waals surface area contributed by atoms with Crippen LogP contribution in [0.5, 0.6) is 0 Å². The Bertz CT molecular complexity index is 691. The summed E-state index contributed by atoms with van der Waals surface area (Å²) in [5.41, 5.74) is -0.462. The third-order valence-electron chi connectivity index (χ3n) is 5.99. The first-order valence-corrected chi connectivity index (χ1v) is 10.6. The van der Waals surface area contributed by atoms with Gasteiger partial charge >= 0.3 is 24.1 Å². The molecule has 10 heteroatoms. The van der Waals surface area contributed by atoms with Crippen molar-refractivity contribution in [2.75, 3.05) is 33.8 Å². The number of ether oxygens (including phenoxy) is 2. The van der Waals surface area contributed by atoms with Crippen molar-refractivity contribution in [2.24, 2.45) is 11.8 Å². The number of nitrogens with zero attached hydrogens (tertiary/aromatic N) is 2. The molecule has 1 saturated heterocycles. The van der Waals surface area contributed by atoms with Gasteiger partial charge in [0.25, 0.3) is 0 Å². The number of rotatable bonds is 5. The fourth-order valence-electron chi connectivity index (χ4n) is 4.50. The average Bonchev–Trinajstić information content (AvgIpc) is 3.02. The second-order valence-electron chi connectivity index (χ2n) is 8.61. The van der Waals surface area contributed by atoms with Gasteiger partial charge in [-0.3, -0.25) is 0 Å². The quantitative estimate of drug-likeness (QED) is 0.619. The number of hydrogen-bond acceptors (Lipinski definition) is 7. The van der Waals surface area contributed by atoms with E-state index in [9.17, 15) is 19.2 Å². The van der Waals surface area contributed by atoms with E-state index < -0.39 is 29.7 Å². The molecule has 174 valence electrons. The molecule has 2 aliphatic carbocycles. The van der Waals surface area contributed by atoms with E-state index in [1.54, 1.807) is 0 Å². The van der Waals surface area contributed by atoms with Crippen LogP contribution in [0.15, 0.2) is 12.2 Å². The number of fused-ring (bicyclic) bond motifs is 1. The number of carbonyl (C=O) groups is 4. The van der Waals surface area contributed by atoms with Crippen molar-refractivity contribution in [3.8, 4) is 0 Å². The van der Waals surface area contributed by atoms with Crippen LogP contribution in [0.4, 0.5) is 9.59 Å². The molecule has 1 unspecified atom stereocenters. The summed E-state index contributed by atoms with van der Waals surface area (Å²) in [6.07, 6.45) is 8.06. The molecule has 0 bridgehead atoms. The molecule has 2 saturated carbocycles. The zero-order valence-corrected chi connectivity index (χ0v) is 18.1. The van der Waals surface area contributed by atoms with E-state index in [4.69, 9.17) is 19.7 Å². The largest absolute Gasteiger partial charge is 0.478 e. The summed E-state index contributed by atoms with van der Waals surface area (Å²) < 4.78 is 10.9. The number of carboxylic acids is 2. The number of hydrogen-bond donors (Lipinski definition) is 2. The first-order chi connectivity index (χ1) is 14.6. The molecule has 2 amide bonds. The Labute approximate surface area is 181 Å². The summed E-state index contributed by atoms with van der Waals surface area (Å²) in [5.74, 6) is -1.08. The minimum atomic E-state index is -1.26. The van der Waals surface area contributed by atoms with Gasteiger partial charge in [0.1, 0.15) is 12.2 Å². The maximum atomic E-state index is 12.1. The van der Waals surface area contributed by atoms with E-state index in [1.807, 2.05) is 19.0 Å². The number of amides is 2. The lowest BCUT2D eigenvalue weighted by molar-refractivity contribution is -0.134. The van der Waals surface area contributed by atoms with Crippen LogP contribution in [-0.4, -0.2) is 83.5 Å². The lowest BCUT2D eigenvalue weighted by Crippen LogP contribution is -2.44. The Morgan fingerprint density at radius 1 is 1.13 bits per heavy atom. The Balaban J connectivity index is 0.000000366. The van der Waals surface area contributed by atoms with Gasteiger partial charge in [-0.25, -0.2) is 24.1 Å². The monoisotopic (exact) mass is 440 g/mol.